The van der Waals surface area contributed by atoms with E-state index < -0.39 is 11.7 Å². The molecule has 2 aromatic carbocycles. The van der Waals surface area contributed by atoms with Gasteiger partial charge in [0.25, 0.3) is 5.63 Å². The molecule has 0 saturated heterocycles. The van der Waals surface area contributed by atoms with Gasteiger partial charge in [0.15, 0.2) is 0 Å². The first-order chi connectivity index (χ1) is 9.97. The Bertz CT molecular complexity index is 559. The van der Waals surface area contributed by atoms with E-state index in [1.54, 1.807) is 0 Å². The minimum atomic E-state index is -4.08. The zero-order valence-corrected chi connectivity index (χ0v) is 11.6. The predicted molar refractivity (Wildman–Crippen MR) is 73.5 cm³/mol. The van der Waals surface area contributed by atoms with Crippen molar-refractivity contribution >= 4 is 11.6 Å². The molecule has 0 saturated carbocycles. The Morgan fingerprint density at radius 2 is 1.52 bits per heavy atom. The first-order valence-corrected chi connectivity index (χ1v) is 6.53. The average molecular weight is 317 g/mol. The molecule has 21 heavy (non-hydrogen) atoms. The van der Waals surface area contributed by atoms with E-state index in [0.29, 0.717) is 12.4 Å². The van der Waals surface area contributed by atoms with Gasteiger partial charge < -0.3 is 9.47 Å². The van der Waals surface area contributed by atoms with Crippen LogP contribution >= 0.6 is 11.6 Å². The lowest BCUT2D eigenvalue weighted by Gasteiger charge is -2.17. The van der Waals surface area contributed by atoms with Crippen molar-refractivity contribution in [1.29, 1.82) is 0 Å². The highest BCUT2D eigenvalue weighted by molar-refractivity contribution is 6.20. The van der Waals surface area contributed by atoms with Gasteiger partial charge >= 0.3 is 6.11 Å². The SMILES string of the molecule is FC(Cl)C(F)(F)Oc1ccc(OCc2ccccc2)cc1. The van der Waals surface area contributed by atoms with Gasteiger partial charge in [-0.15, -0.1) is 0 Å². The molecule has 1 unspecified atom stereocenters. The molecule has 2 aromatic rings. The smallest absolute Gasteiger partial charge is 0.444 e. The van der Waals surface area contributed by atoms with Gasteiger partial charge in [0.05, 0.1) is 0 Å². The summed E-state index contributed by atoms with van der Waals surface area (Å²) in [5.74, 6) is 0.285. The number of hydrogen-bond donors (Lipinski definition) is 0. The minimum Gasteiger partial charge on any atom is -0.489 e. The standard InChI is InChI=1S/C15H12ClF3O2/c16-14(17)15(18,19)21-13-8-6-12(7-9-13)20-10-11-4-2-1-3-5-11/h1-9,14H,10H2. The maximum atomic E-state index is 12.9. The number of halogens is 4. The van der Waals surface area contributed by atoms with Gasteiger partial charge in [-0.25, -0.2) is 4.39 Å². The molecule has 2 rings (SSSR count). The molecule has 0 spiro atoms. The highest BCUT2D eigenvalue weighted by Gasteiger charge is 2.42. The number of ether oxygens (including phenoxy) is 2. The third-order valence-corrected chi connectivity index (χ3v) is 2.83. The third-order valence-electron chi connectivity index (χ3n) is 2.58. The maximum Gasteiger partial charge on any atom is 0.444 e. The molecule has 6 heteroatoms. The quantitative estimate of drug-likeness (QED) is 0.715. The van der Waals surface area contributed by atoms with E-state index in [4.69, 9.17) is 16.3 Å². The van der Waals surface area contributed by atoms with Crippen LogP contribution in [0.5, 0.6) is 11.5 Å². The van der Waals surface area contributed by atoms with Crippen molar-refractivity contribution in [1.82, 2.24) is 0 Å². The van der Waals surface area contributed by atoms with E-state index in [2.05, 4.69) is 4.74 Å². The molecule has 0 bridgehead atoms. The van der Waals surface area contributed by atoms with Gasteiger partial charge in [0.1, 0.15) is 18.1 Å². The zero-order chi connectivity index (χ0) is 15.3. The summed E-state index contributed by atoms with van der Waals surface area (Å²) in [6, 6.07) is 14.9. The maximum absolute atomic E-state index is 12.9. The van der Waals surface area contributed by atoms with Gasteiger partial charge in [-0.1, -0.05) is 41.9 Å². The summed E-state index contributed by atoms with van der Waals surface area (Å²) in [5, 5.41) is 0. The second kappa shape index (κ2) is 6.72. The molecular weight excluding hydrogens is 305 g/mol. The normalized spacial score (nSPS) is 12.8. The summed E-state index contributed by atoms with van der Waals surface area (Å²) in [7, 11) is 0. The topological polar surface area (TPSA) is 18.5 Å². The van der Waals surface area contributed by atoms with Crippen LogP contribution in [0.4, 0.5) is 13.2 Å². The molecule has 0 N–H and O–H groups in total. The molecule has 112 valence electrons. The fourth-order valence-electron chi connectivity index (χ4n) is 1.55. The molecule has 0 heterocycles. The lowest BCUT2D eigenvalue weighted by atomic mass is 10.2. The highest BCUT2D eigenvalue weighted by atomic mass is 35.5. The van der Waals surface area contributed by atoms with Crippen LogP contribution in [0.1, 0.15) is 5.56 Å². The van der Waals surface area contributed by atoms with Crippen LogP contribution in [0.3, 0.4) is 0 Å². The van der Waals surface area contributed by atoms with Crippen molar-refractivity contribution in [2.75, 3.05) is 0 Å². The number of rotatable bonds is 6. The van der Waals surface area contributed by atoms with Gasteiger partial charge in [-0.3, -0.25) is 0 Å². The molecule has 0 aromatic heterocycles. The summed E-state index contributed by atoms with van der Waals surface area (Å²) < 4.78 is 48.0. The van der Waals surface area contributed by atoms with Crippen molar-refractivity contribution in [2.24, 2.45) is 0 Å². The predicted octanol–water partition coefficient (Wildman–Crippen LogP) is 4.77. The Morgan fingerprint density at radius 3 is 2.10 bits per heavy atom. The molecular formula is C15H12ClF3O2. The Kier molecular flexibility index (Phi) is 4.96. The van der Waals surface area contributed by atoms with Crippen LogP contribution in [0, 0.1) is 0 Å². The summed E-state index contributed by atoms with van der Waals surface area (Å²) in [6.07, 6.45) is -4.08. The largest absolute Gasteiger partial charge is 0.489 e. The summed E-state index contributed by atoms with van der Waals surface area (Å²) in [6.45, 7) is 0.353. The molecule has 0 amide bonds. The van der Waals surface area contributed by atoms with E-state index in [1.165, 1.54) is 24.3 Å². The number of alkyl halides is 4. The van der Waals surface area contributed by atoms with E-state index in [9.17, 15) is 13.2 Å². The first-order valence-electron chi connectivity index (χ1n) is 6.09. The van der Waals surface area contributed by atoms with E-state index in [-0.39, 0.29) is 5.75 Å². The average Bonchev–Trinajstić information content (AvgIpc) is 2.47. The minimum absolute atomic E-state index is 0.199. The van der Waals surface area contributed by atoms with Crippen LogP contribution in [-0.2, 0) is 6.61 Å². The number of benzene rings is 2. The van der Waals surface area contributed by atoms with E-state index >= 15 is 0 Å². The van der Waals surface area contributed by atoms with Crippen LogP contribution in [0.2, 0.25) is 0 Å². The molecule has 1 atom stereocenters. The molecule has 0 aliphatic carbocycles. The zero-order valence-electron chi connectivity index (χ0n) is 10.8. The lowest BCUT2D eigenvalue weighted by molar-refractivity contribution is -0.199. The lowest BCUT2D eigenvalue weighted by Crippen LogP contribution is -2.32. The van der Waals surface area contributed by atoms with Crippen molar-refractivity contribution in [3.8, 4) is 11.5 Å². The van der Waals surface area contributed by atoms with Crippen molar-refractivity contribution in [2.45, 2.75) is 18.3 Å². The second-order valence-corrected chi connectivity index (χ2v) is 4.59. The van der Waals surface area contributed by atoms with Gasteiger partial charge in [0, 0.05) is 0 Å². The monoisotopic (exact) mass is 316 g/mol. The Balaban J connectivity index is 1.93. The molecule has 0 aliphatic rings. The van der Waals surface area contributed by atoms with Crippen molar-refractivity contribution < 1.29 is 22.6 Å². The third kappa shape index (κ3) is 4.56. The van der Waals surface area contributed by atoms with E-state index in [0.717, 1.165) is 5.56 Å². The van der Waals surface area contributed by atoms with Crippen LogP contribution in [-0.4, -0.2) is 11.7 Å². The Morgan fingerprint density at radius 1 is 0.952 bits per heavy atom. The van der Waals surface area contributed by atoms with Crippen LogP contribution in [0.15, 0.2) is 54.6 Å². The van der Waals surface area contributed by atoms with Crippen molar-refractivity contribution in [3.05, 3.63) is 60.2 Å². The Hall–Kier alpha value is -1.88. The molecule has 2 nitrogen and oxygen atoms in total. The Labute approximate surface area is 125 Å². The fourth-order valence-corrected chi connectivity index (χ4v) is 1.59. The van der Waals surface area contributed by atoms with Gasteiger partial charge in [-0.05, 0) is 29.8 Å². The first kappa shape index (κ1) is 15.5. The molecule has 0 fully saturated rings. The fraction of sp³-hybridized carbons (Fsp3) is 0.200. The second-order valence-electron chi connectivity index (χ2n) is 4.21. The van der Waals surface area contributed by atoms with E-state index in [1.807, 2.05) is 30.3 Å². The van der Waals surface area contributed by atoms with Crippen molar-refractivity contribution in [3.63, 3.8) is 0 Å². The van der Waals surface area contributed by atoms with Gasteiger partial charge in [-0.2, -0.15) is 8.78 Å². The summed E-state index contributed by atoms with van der Waals surface area (Å²) in [5.41, 5.74) is -1.93. The highest BCUT2D eigenvalue weighted by Crippen LogP contribution is 2.29. The molecule has 0 radical (unpaired) electrons. The number of hydrogen-bond acceptors (Lipinski definition) is 2. The van der Waals surface area contributed by atoms with Crippen LogP contribution in [0.25, 0.3) is 0 Å². The van der Waals surface area contributed by atoms with Gasteiger partial charge in [0.2, 0.25) is 0 Å². The van der Waals surface area contributed by atoms with Crippen LogP contribution < -0.4 is 9.47 Å². The summed E-state index contributed by atoms with van der Waals surface area (Å²) in [4.78, 5) is 0. The summed E-state index contributed by atoms with van der Waals surface area (Å²) >= 11 is 4.70. The molecule has 0 aliphatic heterocycles.